The van der Waals surface area contributed by atoms with Gasteiger partial charge in [0.25, 0.3) is 0 Å². The fraction of sp³-hybridized carbons (Fsp3) is 0.429. The Bertz CT molecular complexity index is 816. The lowest BCUT2D eigenvalue weighted by atomic mass is 10.1. The molecule has 5 nitrogen and oxygen atoms in total. The summed E-state index contributed by atoms with van der Waals surface area (Å²) < 4.78 is 4.48. The fourth-order valence-corrected chi connectivity index (χ4v) is 3.44. The number of benzene rings is 1. The molecule has 0 spiro atoms. The molecule has 1 aromatic carbocycles. The van der Waals surface area contributed by atoms with Gasteiger partial charge in [0, 0.05) is 24.7 Å². The molecular weight excluding hydrogens is 322 g/mol. The zero-order chi connectivity index (χ0) is 18.5. The maximum Gasteiger partial charge on any atom is 0.0979 e. The third-order valence-electron chi connectivity index (χ3n) is 4.94. The largest absolute Gasteiger partial charge is 0.330 e. The van der Waals surface area contributed by atoms with Gasteiger partial charge in [0.15, 0.2) is 0 Å². The molecule has 0 saturated heterocycles. The normalized spacial score (nSPS) is 12.7. The van der Waals surface area contributed by atoms with Crippen molar-refractivity contribution in [3.05, 3.63) is 49.2 Å². The highest BCUT2D eigenvalue weighted by molar-refractivity contribution is 5.76. The first kappa shape index (κ1) is 18.4. The van der Waals surface area contributed by atoms with Gasteiger partial charge in [-0.05, 0) is 27.4 Å². The first-order chi connectivity index (χ1) is 12.7. The summed E-state index contributed by atoms with van der Waals surface area (Å²) >= 11 is 0. The Labute approximate surface area is 156 Å². The zero-order valence-corrected chi connectivity index (χ0v) is 16.3. The van der Waals surface area contributed by atoms with E-state index in [0.29, 0.717) is 6.04 Å². The minimum Gasteiger partial charge on any atom is -0.330 e. The molecule has 0 unspecified atom stereocenters. The van der Waals surface area contributed by atoms with E-state index in [0.717, 1.165) is 35.7 Å². The molecule has 0 amide bonds. The minimum atomic E-state index is 0.481. The molecule has 0 aliphatic heterocycles. The average molecular weight is 351 g/mol. The second-order valence-corrected chi connectivity index (χ2v) is 6.93. The van der Waals surface area contributed by atoms with Gasteiger partial charge in [0.05, 0.1) is 35.9 Å². The second kappa shape index (κ2) is 8.32. The number of aryl methyl sites for hydroxylation is 1. The van der Waals surface area contributed by atoms with Crippen LogP contribution >= 0.6 is 0 Å². The summed E-state index contributed by atoms with van der Waals surface area (Å²) in [4.78, 5) is 11.5. The van der Waals surface area contributed by atoms with Crippen LogP contribution in [0.5, 0.6) is 0 Å². The van der Waals surface area contributed by atoms with Crippen molar-refractivity contribution in [2.75, 3.05) is 14.1 Å². The fourth-order valence-electron chi connectivity index (χ4n) is 3.44. The highest BCUT2D eigenvalue weighted by Gasteiger charge is 2.20. The Morgan fingerprint density at radius 1 is 1.04 bits per heavy atom. The molecule has 138 valence electrons. The summed E-state index contributed by atoms with van der Waals surface area (Å²) in [5, 5.41) is 0. The van der Waals surface area contributed by atoms with Crippen molar-refractivity contribution in [3.8, 4) is 22.6 Å². The third kappa shape index (κ3) is 3.73. The zero-order valence-electron chi connectivity index (χ0n) is 16.3. The van der Waals surface area contributed by atoms with Gasteiger partial charge in [0.1, 0.15) is 0 Å². The van der Waals surface area contributed by atoms with Gasteiger partial charge in [-0.3, -0.25) is 0 Å². The minimum absolute atomic E-state index is 0.481. The van der Waals surface area contributed by atoms with Crippen molar-refractivity contribution in [2.45, 2.75) is 45.8 Å². The maximum absolute atomic E-state index is 4.79. The Morgan fingerprint density at radius 2 is 1.81 bits per heavy atom. The lowest BCUT2D eigenvalue weighted by Crippen LogP contribution is -2.32. The molecule has 2 aromatic heterocycles. The van der Waals surface area contributed by atoms with E-state index in [2.05, 4.69) is 71.2 Å². The molecule has 0 saturated carbocycles. The van der Waals surface area contributed by atoms with Crippen LogP contribution in [0.15, 0.2) is 49.2 Å². The van der Waals surface area contributed by atoms with Crippen LogP contribution in [-0.4, -0.2) is 44.1 Å². The van der Waals surface area contributed by atoms with Crippen molar-refractivity contribution in [2.24, 2.45) is 0 Å². The monoisotopic (exact) mass is 351 g/mol. The van der Waals surface area contributed by atoms with E-state index in [1.807, 2.05) is 24.9 Å². The van der Waals surface area contributed by atoms with E-state index < -0.39 is 0 Å². The van der Waals surface area contributed by atoms with Crippen molar-refractivity contribution < 1.29 is 0 Å². The van der Waals surface area contributed by atoms with Crippen molar-refractivity contribution in [3.63, 3.8) is 0 Å². The predicted octanol–water partition coefficient (Wildman–Crippen LogP) is 4.16. The highest BCUT2D eigenvalue weighted by Crippen LogP contribution is 2.31. The van der Waals surface area contributed by atoms with E-state index >= 15 is 0 Å². The van der Waals surface area contributed by atoms with Crippen molar-refractivity contribution in [1.29, 1.82) is 0 Å². The molecule has 3 rings (SSSR count). The van der Waals surface area contributed by atoms with E-state index in [4.69, 9.17) is 4.98 Å². The number of likely N-dealkylation sites (N-methyl/N-ethyl adjacent to an activating group) is 1. The van der Waals surface area contributed by atoms with Crippen LogP contribution in [0, 0.1) is 0 Å². The van der Waals surface area contributed by atoms with Gasteiger partial charge >= 0.3 is 0 Å². The lowest BCUT2D eigenvalue weighted by molar-refractivity contribution is 0.249. The van der Waals surface area contributed by atoms with Gasteiger partial charge in [-0.25, -0.2) is 9.97 Å². The summed E-state index contributed by atoms with van der Waals surface area (Å²) in [5.74, 6) is 0. The smallest absolute Gasteiger partial charge is 0.0979 e. The van der Waals surface area contributed by atoms with Crippen LogP contribution < -0.4 is 0 Å². The molecule has 5 heteroatoms. The third-order valence-corrected chi connectivity index (χ3v) is 4.94. The quantitative estimate of drug-likeness (QED) is 0.611. The van der Waals surface area contributed by atoms with Gasteiger partial charge in [0.2, 0.25) is 0 Å². The van der Waals surface area contributed by atoms with Crippen LogP contribution in [0.25, 0.3) is 22.6 Å². The number of hydrogen-bond acceptors (Lipinski definition) is 3. The maximum atomic E-state index is 4.79. The molecule has 3 aromatic rings. The standard InChI is InChI=1S/C21H29N5/c1-5-10-18(24(3)4)14-26-16-23-20(17-11-8-7-9-12-17)21(26)19-13-22-15-25(19)6-2/h7-9,11-13,15-16,18H,5-6,10,14H2,1-4H3/t18-/m0/s1. The van der Waals surface area contributed by atoms with Gasteiger partial charge in [-0.15, -0.1) is 0 Å². The number of rotatable bonds is 8. The molecule has 1 atom stereocenters. The number of imidazole rings is 2. The Hall–Kier alpha value is -2.40. The Morgan fingerprint density at radius 3 is 2.46 bits per heavy atom. The average Bonchev–Trinajstić information content (AvgIpc) is 3.27. The lowest BCUT2D eigenvalue weighted by Gasteiger charge is -2.25. The predicted molar refractivity (Wildman–Crippen MR) is 107 cm³/mol. The SMILES string of the molecule is CCC[C@@H](Cn1cnc(-c2ccccc2)c1-c1cncn1CC)N(C)C. The molecule has 0 N–H and O–H groups in total. The van der Waals surface area contributed by atoms with Crippen LogP contribution in [-0.2, 0) is 13.1 Å². The molecule has 0 fully saturated rings. The van der Waals surface area contributed by atoms with E-state index in [1.165, 1.54) is 12.8 Å². The molecule has 26 heavy (non-hydrogen) atoms. The molecule has 0 radical (unpaired) electrons. The summed E-state index contributed by atoms with van der Waals surface area (Å²) in [6.07, 6.45) is 8.17. The van der Waals surface area contributed by atoms with E-state index in [-0.39, 0.29) is 0 Å². The van der Waals surface area contributed by atoms with Crippen molar-refractivity contribution in [1.82, 2.24) is 24.0 Å². The van der Waals surface area contributed by atoms with Gasteiger partial charge in [-0.2, -0.15) is 0 Å². The Kier molecular flexibility index (Phi) is 5.89. The van der Waals surface area contributed by atoms with Crippen LogP contribution in [0.1, 0.15) is 26.7 Å². The first-order valence-electron chi connectivity index (χ1n) is 9.43. The second-order valence-electron chi connectivity index (χ2n) is 6.93. The summed E-state index contributed by atoms with van der Waals surface area (Å²) in [6, 6.07) is 10.9. The van der Waals surface area contributed by atoms with Crippen LogP contribution in [0.3, 0.4) is 0 Å². The molecular formula is C21H29N5. The summed E-state index contributed by atoms with van der Waals surface area (Å²) in [5.41, 5.74) is 4.44. The van der Waals surface area contributed by atoms with E-state index in [1.54, 1.807) is 0 Å². The number of aromatic nitrogens is 4. The summed E-state index contributed by atoms with van der Waals surface area (Å²) in [6.45, 7) is 6.20. The highest BCUT2D eigenvalue weighted by atomic mass is 15.2. The van der Waals surface area contributed by atoms with Gasteiger partial charge < -0.3 is 14.0 Å². The molecule has 2 heterocycles. The van der Waals surface area contributed by atoms with E-state index in [9.17, 15) is 0 Å². The number of nitrogens with zero attached hydrogens (tertiary/aromatic N) is 5. The first-order valence-corrected chi connectivity index (χ1v) is 9.43. The van der Waals surface area contributed by atoms with Gasteiger partial charge in [-0.1, -0.05) is 43.7 Å². The van der Waals surface area contributed by atoms with Crippen LogP contribution in [0.2, 0.25) is 0 Å². The Balaban J connectivity index is 2.09. The molecule has 0 aliphatic rings. The van der Waals surface area contributed by atoms with Crippen LogP contribution in [0.4, 0.5) is 0 Å². The summed E-state index contributed by atoms with van der Waals surface area (Å²) in [7, 11) is 4.32. The molecule has 0 bridgehead atoms. The number of hydrogen-bond donors (Lipinski definition) is 0. The topological polar surface area (TPSA) is 38.9 Å². The molecule has 0 aliphatic carbocycles. The van der Waals surface area contributed by atoms with Crippen molar-refractivity contribution >= 4 is 0 Å².